The van der Waals surface area contributed by atoms with Gasteiger partial charge in [0.25, 0.3) is 5.88 Å². The van der Waals surface area contributed by atoms with Gasteiger partial charge >= 0.3 is 0 Å². The molecule has 0 atom stereocenters. The van der Waals surface area contributed by atoms with Gasteiger partial charge in [0.05, 0.1) is 11.6 Å². The Morgan fingerprint density at radius 3 is 2.62 bits per heavy atom. The molecule has 0 aliphatic rings. The van der Waals surface area contributed by atoms with Gasteiger partial charge in [0.15, 0.2) is 5.82 Å². The fraction of sp³-hybridized carbons (Fsp3) is 0.0556. The van der Waals surface area contributed by atoms with Gasteiger partial charge in [-0.3, -0.25) is 4.98 Å². The zero-order valence-electron chi connectivity index (χ0n) is 12.7. The predicted molar refractivity (Wildman–Crippen MR) is 90.1 cm³/mol. The molecule has 0 unspecified atom stereocenters. The van der Waals surface area contributed by atoms with E-state index in [1.807, 2.05) is 48.5 Å². The average Bonchev–Trinajstić information content (AvgIpc) is 3.13. The van der Waals surface area contributed by atoms with Gasteiger partial charge in [0.1, 0.15) is 6.61 Å². The number of pyridine rings is 1. The largest absolute Gasteiger partial charge is 0.469 e. The molecule has 0 saturated heterocycles. The quantitative estimate of drug-likeness (QED) is 0.601. The smallest absolute Gasteiger partial charge is 0.278 e. The van der Waals surface area contributed by atoms with Crippen molar-refractivity contribution in [3.63, 3.8) is 0 Å². The molecule has 0 fully saturated rings. The molecule has 1 N–H and O–H groups in total. The lowest BCUT2D eigenvalue weighted by molar-refractivity contribution is 0.289. The van der Waals surface area contributed by atoms with Crippen LogP contribution in [0.15, 0.2) is 71.6 Å². The van der Waals surface area contributed by atoms with Crippen LogP contribution < -0.4 is 10.1 Å². The minimum atomic E-state index is 0.366. The number of nitrogens with zero attached hydrogens (tertiary/aromatic N) is 3. The number of furan rings is 1. The number of para-hydroxylation sites is 1. The van der Waals surface area contributed by atoms with Crippen molar-refractivity contribution >= 4 is 22.5 Å². The molecule has 4 aromatic rings. The molecular formula is C18H14N4O2. The maximum absolute atomic E-state index is 5.75. The molecule has 0 spiro atoms. The highest BCUT2D eigenvalue weighted by Gasteiger charge is 2.14. The van der Waals surface area contributed by atoms with Gasteiger partial charge in [-0.05, 0) is 35.9 Å². The number of fused-ring (bicyclic) bond motifs is 1. The van der Waals surface area contributed by atoms with E-state index in [1.54, 1.807) is 18.7 Å². The van der Waals surface area contributed by atoms with Gasteiger partial charge in [0.2, 0.25) is 5.58 Å². The highest BCUT2D eigenvalue weighted by molar-refractivity contribution is 5.92. The van der Waals surface area contributed by atoms with Crippen molar-refractivity contribution in [1.82, 2.24) is 15.2 Å². The van der Waals surface area contributed by atoms with Gasteiger partial charge in [-0.1, -0.05) is 18.2 Å². The van der Waals surface area contributed by atoms with Crippen LogP contribution in [-0.4, -0.2) is 15.2 Å². The number of ether oxygens (including phenoxy) is 1. The lowest BCUT2D eigenvalue weighted by atomic mass is 10.3. The standard InChI is InChI=1S/C18H14N4O2/c1-2-4-14(5-3-1)20-17-15-8-11-23-16(15)18(22-21-17)24-12-13-6-9-19-10-7-13/h1-11H,12H2,(H,20,21). The highest BCUT2D eigenvalue weighted by atomic mass is 16.5. The second-order valence-corrected chi connectivity index (χ2v) is 5.15. The second kappa shape index (κ2) is 6.37. The second-order valence-electron chi connectivity index (χ2n) is 5.15. The summed E-state index contributed by atoms with van der Waals surface area (Å²) in [5.74, 6) is 0.992. The molecule has 0 aliphatic carbocycles. The highest BCUT2D eigenvalue weighted by Crippen LogP contribution is 2.30. The van der Waals surface area contributed by atoms with E-state index >= 15 is 0 Å². The zero-order chi connectivity index (χ0) is 16.2. The minimum Gasteiger partial charge on any atom is -0.469 e. The van der Waals surface area contributed by atoms with Gasteiger partial charge in [-0.25, -0.2) is 0 Å². The number of hydrogen-bond donors (Lipinski definition) is 1. The molecule has 24 heavy (non-hydrogen) atoms. The molecule has 0 amide bonds. The van der Waals surface area contributed by atoms with Crippen LogP contribution in [0.3, 0.4) is 0 Å². The van der Waals surface area contributed by atoms with Gasteiger partial charge < -0.3 is 14.5 Å². The molecule has 4 rings (SSSR count). The first kappa shape index (κ1) is 14.2. The minimum absolute atomic E-state index is 0.366. The molecule has 3 heterocycles. The average molecular weight is 318 g/mol. The molecule has 1 aromatic carbocycles. The summed E-state index contributed by atoms with van der Waals surface area (Å²) in [4.78, 5) is 3.98. The Balaban J connectivity index is 1.60. The Kier molecular flexibility index (Phi) is 3.77. The summed E-state index contributed by atoms with van der Waals surface area (Å²) in [6.07, 6.45) is 5.04. The summed E-state index contributed by atoms with van der Waals surface area (Å²) in [5.41, 5.74) is 2.50. The summed E-state index contributed by atoms with van der Waals surface area (Å²) in [6, 6.07) is 15.4. The monoisotopic (exact) mass is 318 g/mol. The van der Waals surface area contributed by atoms with E-state index in [2.05, 4.69) is 20.5 Å². The van der Waals surface area contributed by atoms with Crippen LogP contribution in [0.1, 0.15) is 5.56 Å². The molecule has 118 valence electrons. The lowest BCUT2D eigenvalue weighted by Gasteiger charge is -2.08. The van der Waals surface area contributed by atoms with Crippen molar-refractivity contribution in [3.05, 3.63) is 72.8 Å². The van der Waals surface area contributed by atoms with Crippen LogP contribution in [0.5, 0.6) is 5.88 Å². The van der Waals surface area contributed by atoms with E-state index in [0.717, 1.165) is 16.6 Å². The Bertz CT molecular complexity index is 939. The first-order valence-electron chi connectivity index (χ1n) is 7.48. The number of hydrogen-bond acceptors (Lipinski definition) is 6. The van der Waals surface area contributed by atoms with Crippen molar-refractivity contribution in [3.8, 4) is 5.88 Å². The van der Waals surface area contributed by atoms with Crippen molar-refractivity contribution in [2.45, 2.75) is 6.61 Å². The fourth-order valence-corrected chi connectivity index (χ4v) is 2.33. The van der Waals surface area contributed by atoms with Crippen molar-refractivity contribution in [2.75, 3.05) is 5.32 Å². The van der Waals surface area contributed by atoms with Gasteiger partial charge in [-0.15, -0.1) is 10.2 Å². The van der Waals surface area contributed by atoms with Crippen LogP contribution in [0, 0.1) is 0 Å². The van der Waals surface area contributed by atoms with E-state index in [0.29, 0.717) is 23.9 Å². The molecular weight excluding hydrogens is 304 g/mol. The Hall–Kier alpha value is -3.41. The lowest BCUT2D eigenvalue weighted by Crippen LogP contribution is -2.01. The van der Waals surface area contributed by atoms with Crippen LogP contribution >= 0.6 is 0 Å². The summed E-state index contributed by atoms with van der Waals surface area (Å²) >= 11 is 0. The van der Waals surface area contributed by atoms with Crippen molar-refractivity contribution in [2.24, 2.45) is 0 Å². The summed E-state index contributed by atoms with van der Waals surface area (Å²) < 4.78 is 11.3. The number of aromatic nitrogens is 3. The van der Waals surface area contributed by atoms with E-state index < -0.39 is 0 Å². The first-order chi connectivity index (χ1) is 11.9. The number of rotatable bonds is 5. The third kappa shape index (κ3) is 2.89. The Labute approximate surface area is 138 Å². The van der Waals surface area contributed by atoms with Crippen molar-refractivity contribution < 1.29 is 9.15 Å². The molecule has 0 radical (unpaired) electrons. The summed E-state index contributed by atoms with van der Waals surface area (Å²) in [7, 11) is 0. The molecule has 6 heteroatoms. The maximum atomic E-state index is 5.75. The maximum Gasteiger partial charge on any atom is 0.278 e. The Morgan fingerprint density at radius 2 is 1.79 bits per heavy atom. The van der Waals surface area contributed by atoms with E-state index in [4.69, 9.17) is 9.15 Å². The zero-order valence-corrected chi connectivity index (χ0v) is 12.7. The topological polar surface area (TPSA) is 73.1 Å². The van der Waals surface area contributed by atoms with E-state index in [1.165, 1.54) is 0 Å². The van der Waals surface area contributed by atoms with Crippen molar-refractivity contribution in [1.29, 1.82) is 0 Å². The van der Waals surface area contributed by atoms with Crippen LogP contribution in [0.4, 0.5) is 11.5 Å². The molecule has 0 saturated carbocycles. The predicted octanol–water partition coefficient (Wildman–Crippen LogP) is 3.94. The number of anilines is 2. The normalized spacial score (nSPS) is 10.7. The Morgan fingerprint density at radius 1 is 0.958 bits per heavy atom. The molecule has 0 aliphatic heterocycles. The summed E-state index contributed by atoms with van der Waals surface area (Å²) in [5, 5.41) is 12.4. The van der Waals surface area contributed by atoms with Crippen LogP contribution in [-0.2, 0) is 6.61 Å². The van der Waals surface area contributed by atoms with Gasteiger partial charge in [-0.2, -0.15) is 0 Å². The summed E-state index contributed by atoms with van der Waals surface area (Å²) in [6.45, 7) is 0.373. The molecule has 6 nitrogen and oxygen atoms in total. The fourth-order valence-electron chi connectivity index (χ4n) is 2.33. The molecule has 0 bridgehead atoms. The first-order valence-corrected chi connectivity index (χ1v) is 7.48. The van der Waals surface area contributed by atoms with E-state index in [-0.39, 0.29) is 0 Å². The molecule has 3 aromatic heterocycles. The number of benzene rings is 1. The third-order valence-corrected chi connectivity index (χ3v) is 3.52. The number of nitrogens with one attached hydrogen (secondary N) is 1. The third-order valence-electron chi connectivity index (χ3n) is 3.52. The van der Waals surface area contributed by atoms with Gasteiger partial charge in [0, 0.05) is 18.1 Å². The van der Waals surface area contributed by atoms with Crippen LogP contribution in [0.25, 0.3) is 11.0 Å². The van der Waals surface area contributed by atoms with E-state index in [9.17, 15) is 0 Å². The SMILES string of the molecule is c1ccc(Nc2nnc(OCc3ccncc3)c3occc23)cc1. The van der Waals surface area contributed by atoms with Crippen LogP contribution in [0.2, 0.25) is 0 Å².